The maximum Gasteiger partial charge on any atom is 0.346 e. The van der Waals surface area contributed by atoms with Gasteiger partial charge in [0.15, 0.2) is 6.29 Å². The number of carbonyl (C=O) groups is 1. The second kappa shape index (κ2) is 14.7. The summed E-state index contributed by atoms with van der Waals surface area (Å²) in [7, 11) is 0. The van der Waals surface area contributed by atoms with Crippen molar-refractivity contribution in [2.45, 2.75) is 71.2 Å². The highest BCUT2D eigenvalue weighted by molar-refractivity contribution is 5.96. The minimum Gasteiger partial charge on any atom is -0.488 e. The number of benzene rings is 4. The van der Waals surface area contributed by atoms with Crippen molar-refractivity contribution < 1.29 is 28.8 Å². The Bertz CT molecular complexity index is 1420. The summed E-state index contributed by atoms with van der Waals surface area (Å²) in [4.78, 5) is 13.8. The number of aliphatic hydroxyl groups is 1. The molecule has 1 N–H and O–H groups in total. The highest BCUT2D eigenvalue weighted by atomic mass is 16.6. The Kier molecular flexibility index (Phi) is 10.3. The quantitative estimate of drug-likeness (QED) is 0.132. The topological polar surface area (TPSA) is 74.2 Å². The van der Waals surface area contributed by atoms with Crippen molar-refractivity contribution >= 4 is 5.97 Å². The highest BCUT2D eigenvalue weighted by Crippen LogP contribution is 2.44. The highest BCUT2D eigenvalue weighted by Gasteiger charge is 2.35. The summed E-state index contributed by atoms with van der Waals surface area (Å²) in [5.74, 6) is 0.00200. The lowest BCUT2D eigenvalue weighted by atomic mass is 9.92. The maximum atomic E-state index is 13.8. The van der Waals surface area contributed by atoms with Crippen LogP contribution in [0, 0.1) is 0 Å². The molecule has 1 aliphatic heterocycles. The summed E-state index contributed by atoms with van der Waals surface area (Å²) in [6.45, 7) is 2.71. The second-order valence-corrected chi connectivity index (χ2v) is 10.6. The van der Waals surface area contributed by atoms with Crippen LogP contribution in [0.15, 0.2) is 97.1 Å². The molecule has 1 aliphatic rings. The average Bonchev–Trinajstić information content (AvgIpc) is 3.02. The summed E-state index contributed by atoms with van der Waals surface area (Å²) >= 11 is 0. The predicted molar refractivity (Wildman–Crippen MR) is 161 cm³/mol. The third kappa shape index (κ3) is 7.58. The minimum absolute atomic E-state index is 0.0889. The standard InChI is InChI=1S/C36H38O6/c1-2-3-7-20-30-21-29-22-31(39-23-26-14-8-4-9-15-26)33(35(37)41-25-28-18-12-6-13-19-28)34(32(29)36(38)42-30)40-24-27-16-10-5-11-17-27/h4-6,8-19,22,30,36,38H,2-3,7,20-21,23-25H2,1H3/t30-,36?/m1/s1. The summed E-state index contributed by atoms with van der Waals surface area (Å²) in [6, 6.07) is 30.9. The van der Waals surface area contributed by atoms with E-state index in [1.807, 2.05) is 97.1 Å². The zero-order valence-electron chi connectivity index (χ0n) is 24.0. The molecule has 1 heterocycles. The summed E-state index contributed by atoms with van der Waals surface area (Å²) in [5, 5.41) is 11.3. The van der Waals surface area contributed by atoms with Crippen LogP contribution in [-0.2, 0) is 35.7 Å². The molecule has 0 amide bonds. The molecule has 1 unspecified atom stereocenters. The molecule has 6 nitrogen and oxygen atoms in total. The van der Waals surface area contributed by atoms with Crippen LogP contribution in [0.4, 0.5) is 0 Å². The summed E-state index contributed by atoms with van der Waals surface area (Å²) in [5.41, 5.74) is 4.20. The Morgan fingerprint density at radius 3 is 1.98 bits per heavy atom. The fourth-order valence-corrected chi connectivity index (χ4v) is 5.19. The molecule has 0 radical (unpaired) electrons. The lowest BCUT2D eigenvalue weighted by Crippen LogP contribution is -2.28. The van der Waals surface area contributed by atoms with E-state index in [1.165, 1.54) is 0 Å². The van der Waals surface area contributed by atoms with Crippen LogP contribution in [-0.4, -0.2) is 17.2 Å². The van der Waals surface area contributed by atoms with Crippen LogP contribution in [0.5, 0.6) is 11.5 Å². The van der Waals surface area contributed by atoms with Crippen molar-refractivity contribution in [1.29, 1.82) is 0 Å². The van der Waals surface area contributed by atoms with E-state index >= 15 is 0 Å². The number of fused-ring (bicyclic) bond motifs is 1. The molecule has 42 heavy (non-hydrogen) atoms. The van der Waals surface area contributed by atoms with E-state index in [1.54, 1.807) is 0 Å². The fraction of sp³-hybridized carbons (Fsp3) is 0.306. The van der Waals surface area contributed by atoms with Gasteiger partial charge in [0, 0.05) is 0 Å². The molecule has 5 rings (SSSR count). The maximum absolute atomic E-state index is 13.8. The summed E-state index contributed by atoms with van der Waals surface area (Å²) < 4.78 is 24.6. The molecule has 0 aromatic heterocycles. The number of esters is 1. The number of carbonyl (C=O) groups excluding carboxylic acids is 1. The molecular formula is C36H38O6. The van der Waals surface area contributed by atoms with Crippen molar-refractivity contribution in [2.24, 2.45) is 0 Å². The van der Waals surface area contributed by atoms with Crippen molar-refractivity contribution in [3.63, 3.8) is 0 Å². The first-order valence-electron chi connectivity index (χ1n) is 14.7. The van der Waals surface area contributed by atoms with Crippen LogP contribution in [0.25, 0.3) is 0 Å². The molecule has 0 saturated heterocycles. The smallest absolute Gasteiger partial charge is 0.346 e. The summed E-state index contributed by atoms with van der Waals surface area (Å²) in [6.07, 6.45) is 3.27. The van der Waals surface area contributed by atoms with Gasteiger partial charge in [0.05, 0.1) is 11.7 Å². The van der Waals surface area contributed by atoms with Crippen LogP contribution in [0.3, 0.4) is 0 Å². The molecular weight excluding hydrogens is 528 g/mol. The first-order chi connectivity index (χ1) is 20.6. The predicted octanol–water partition coefficient (Wildman–Crippen LogP) is 7.71. The Labute approximate surface area is 247 Å². The third-order valence-electron chi connectivity index (χ3n) is 7.39. The molecule has 0 aliphatic carbocycles. The van der Waals surface area contributed by atoms with Crippen molar-refractivity contribution in [3.8, 4) is 11.5 Å². The van der Waals surface area contributed by atoms with Gasteiger partial charge in [0.25, 0.3) is 0 Å². The molecule has 4 aromatic carbocycles. The lowest BCUT2D eigenvalue weighted by Gasteiger charge is -2.32. The molecule has 0 spiro atoms. The van der Waals surface area contributed by atoms with E-state index in [0.717, 1.165) is 47.9 Å². The van der Waals surface area contributed by atoms with Gasteiger partial charge >= 0.3 is 5.97 Å². The normalized spacial score (nSPS) is 16.0. The molecule has 218 valence electrons. The van der Waals surface area contributed by atoms with Gasteiger partial charge in [0.1, 0.15) is 36.9 Å². The molecule has 0 saturated carbocycles. The van der Waals surface area contributed by atoms with Crippen molar-refractivity contribution in [3.05, 3.63) is 130 Å². The SMILES string of the molecule is CCCCC[C@@H]1Cc2cc(OCc3ccccc3)c(C(=O)OCc3ccccc3)c(OCc3ccccc3)c2C(O)O1. The van der Waals surface area contributed by atoms with E-state index in [2.05, 4.69) is 6.92 Å². The zero-order valence-corrected chi connectivity index (χ0v) is 24.0. The fourth-order valence-electron chi connectivity index (χ4n) is 5.19. The van der Waals surface area contributed by atoms with E-state index in [9.17, 15) is 9.90 Å². The van der Waals surface area contributed by atoms with Crippen LogP contribution >= 0.6 is 0 Å². The van der Waals surface area contributed by atoms with E-state index in [0.29, 0.717) is 17.7 Å². The molecule has 0 bridgehead atoms. The van der Waals surface area contributed by atoms with Crippen LogP contribution in [0.2, 0.25) is 0 Å². The van der Waals surface area contributed by atoms with Gasteiger partial charge in [-0.1, -0.05) is 117 Å². The number of hydrogen-bond donors (Lipinski definition) is 1. The van der Waals surface area contributed by atoms with E-state index in [-0.39, 0.29) is 37.2 Å². The number of unbranched alkanes of at least 4 members (excludes halogenated alkanes) is 2. The number of hydrogen-bond acceptors (Lipinski definition) is 6. The van der Waals surface area contributed by atoms with Crippen LogP contribution in [0.1, 0.15) is 77.1 Å². The number of rotatable bonds is 13. The van der Waals surface area contributed by atoms with Crippen LogP contribution < -0.4 is 9.47 Å². The van der Waals surface area contributed by atoms with E-state index < -0.39 is 12.3 Å². The van der Waals surface area contributed by atoms with Gasteiger partial charge in [0.2, 0.25) is 0 Å². The zero-order chi connectivity index (χ0) is 29.1. The second-order valence-electron chi connectivity index (χ2n) is 10.6. The Morgan fingerprint density at radius 2 is 1.38 bits per heavy atom. The lowest BCUT2D eigenvalue weighted by molar-refractivity contribution is -0.152. The third-order valence-corrected chi connectivity index (χ3v) is 7.39. The number of ether oxygens (including phenoxy) is 4. The van der Waals surface area contributed by atoms with Gasteiger partial charge in [-0.05, 0) is 41.2 Å². The molecule has 2 atom stereocenters. The van der Waals surface area contributed by atoms with Gasteiger partial charge in [-0.15, -0.1) is 0 Å². The first kappa shape index (κ1) is 29.4. The van der Waals surface area contributed by atoms with E-state index in [4.69, 9.17) is 18.9 Å². The van der Waals surface area contributed by atoms with Gasteiger partial charge in [-0.25, -0.2) is 4.79 Å². The average molecular weight is 567 g/mol. The molecule has 6 heteroatoms. The molecule has 4 aromatic rings. The number of aliphatic hydroxyl groups excluding tert-OH is 1. The molecule has 0 fully saturated rings. The van der Waals surface area contributed by atoms with Crippen molar-refractivity contribution in [1.82, 2.24) is 0 Å². The first-order valence-corrected chi connectivity index (χ1v) is 14.7. The Balaban J connectivity index is 1.53. The Hall–Kier alpha value is -4.13. The largest absolute Gasteiger partial charge is 0.488 e. The monoisotopic (exact) mass is 566 g/mol. The van der Waals surface area contributed by atoms with Crippen molar-refractivity contribution in [2.75, 3.05) is 0 Å². The van der Waals surface area contributed by atoms with Gasteiger partial charge in [-0.3, -0.25) is 0 Å². The van der Waals surface area contributed by atoms with Gasteiger partial charge < -0.3 is 24.1 Å². The minimum atomic E-state index is -1.24. The Morgan fingerprint density at radius 1 is 0.810 bits per heavy atom. The van der Waals surface area contributed by atoms with Gasteiger partial charge in [-0.2, -0.15) is 0 Å².